The van der Waals surface area contributed by atoms with Crippen LogP contribution < -0.4 is 5.32 Å². The van der Waals surface area contributed by atoms with Crippen LogP contribution in [-0.2, 0) is 4.79 Å². The number of carbonyl (C=O) groups is 2. The standard InChI is InChI=1S/C28H34FN7O2/c1-17-8-9-26(32-31-17)36-19(3)27(18(2)33-36)28(38)35-15-22-13-34(14-23(22)16-35)11-10-25(30-20(4)37)21-6-5-7-24(29)12-21/h5-9,12,22-23,25H,10-11,13-16H2,1-4H3,(H,30,37). The van der Waals surface area contributed by atoms with Crippen molar-refractivity contribution in [3.63, 3.8) is 0 Å². The van der Waals surface area contributed by atoms with Crippen LogP contribution in [0.15, 0.2) is 36.4 Å². The zero-order chi connectivity index (χ0) is 27.0. The van der Waals surface area contributed by atoms with Crippen molar-refractivity contribution in [1.82, 2.24) is 35.1 Å². The molecule has 3 atom stereocenters. The van der Waals surface area contributed by atoms with Crippen LogP contribution in [0, 0.1) is 38.4 Å². The highest BCUT2D eigenvalue weighted by Gasteiger charge is 2.42. The minimum absolute atomic E-state index is 0.0177. The van der Waals surface area contributed by atoms with E-state index in [9.17, 15) is 14.0 Å². The van der Waals surface area contributed by atoms with Crippen molar-refractivity contribution >= 4 is 11.8 Å². The normalized spacial score (nSPS) is 20.0. The molecule has 3 aromatic rings. The Balaban J connectivity index is 1.20. The molecule has 0 spiro atoms. The second kappa shape index (κ2) is 10.6. The smallest absolute Gasteiger partial charge is 0.257 e. The largest absolute Gasteiger partial charge is 0.349 e. The van der Waals surface area contributed by atoms with E-state index in [1.165, 1.54) is 19.1 Å². The van der Waals surface area contributed by atoms with Gasteiger partial charge in [0.05, 0.1) is 28.7 Å². The van der Waals surface area contributed by atoms with Crippen molar-refractivity contribution in [3.05, 3.63) is 70.4 Å². The summed E-state index contributed by atoms with van der Waals surface area (Å²) in [6, 6.07) is 9.92. The van der Waals surface area contributed by atoms with Gasteiger partial charge in [0.25, 0.3) is 5.91 Å². The number of hydrogen-bond donors (Lipinski definition) is 1. The second-order valence-corrected chi connectivity index (χ2v) is 10.6. The zero-order valence-electron chi connectivity index (χ0n) is 22.3. The van der Waals surface area contributed by atoms with Gasteiger partial charge in [-0.3, -0.25) is 9.59 Å². The summed E-state index contributed by atoms with van der Waals surface area (Å²) in [6.45, 7) is 11.2. The number of likely N-dealkylation sites (tertiary alicyclic amines) is 2. The molecule has 5 rings (SSSR count). The first-order valence-electron chi connectivity index (χ1n) is 13.1. The van der Waals surface area contributed by atoms with E-state index < -0.39 is 0 Å². The van der Waals surface area contributed by atoms with Gasteiger partial charge in [-0.25, -0.2) is 9.07 Å². The zero-order valence-corrected chi connectivity index (χ0v) is 22.3. The topological polar surface area (TPSA) is 96.2 Å². The molecule has 0 aliphatic carbocycles. The predicted octanol–water partition coefficient (Wildman–Crippen LogP) is 3.00. The highest BCUT2D eigenvalue weighted by Crippen LogP contribution is 2.33. The lowest BCUT2D eigenvalue weighted by Crippen LogP contribution is -2.35. The quantitative estimate of drug-likeness (QED) is 0.516. The number of rotatable bonds is 7. The molecule has 2 aromatic heterocycles. The molecule has 4 heterocycles. The third-order valence-corrected chi connectivity index (χ3v) is 7.72. The van der Waals surface area contributed by atoms with Crippen LogP contribution in [0.5, 0.6) is 0 Å². The number of hydrogen-bond acceptors (Lipinski definition) is 6. The van der Waals surface area contributed by atoms with Gasteiger partial charge < -0.3 is 15.1 Å². The van der Waals surface area contributed by atoms with E-state index in [2.05, 4.69) is 25.5 Å². The summed E-state index contributed by atoms with van der Waals surface area (Å²) in [5, 5.41) is 15.9. The van der Waals surface area contributed by atoms with Crippen molar-refractivity contribution in [2.75, 3.05) is 32.7 Å². The Morgan fingerprint density at radius 2 is 1.79 bits per heavy atom. The van der Waals surface area contributed by atoms with E-state index in [-0.39, 0.29) is 23.7 Å². The lowest BCUT2D eigenvalue weighted by Gasteiger charge is -2.24. The second-order valence-electron chi connectivity index (χ2n) is 10.6. The Morgan fingerprint density at radius 1 is 1.05 bits per heavy atom. The van der Waals surface area contributed by atoms with Gasteiger partial charge in [0.2, 0.25) is 5.91 Å². The third-order valence-electron chi connectivity index (χ3n) is 7.72. The lowest BCUT2D eigenvalue weighted by molar-refractivity contribution is -0.119. The van der Waals surface area contributed by atoms with Gasteiger partial charge in [-0.05, 0) is 68.9 Å². The highest BCUT2D eigenvalue weighted by atomic mass is 19.1. The van der Waals surface area contributed by atoms with Crippen molar-refractivity contribution in [3.8, 4) is 5.82 Å². The number of nitrogens with one attached hydrogen (secondary N) is 1. The number of aryl methyl sites for hydroxylation is 2. The number of halogens is 1. The third kappa shape index (κ3) is 5.31. The number of aromatic nitrogens is 4. The fourth-order valence-electron chi connectivity index (χ4n) is 5.88. The summed E-state index contributed by atoms with van der Waals surface area (Å²) in [7, 11) is 0. The van der Waals surface area contributed by atoms with Crippen LogP contribution in [0.4, 0.5) is 4.39 Å². The molecule has 0 radical (unpaired) electrons. The van der Waals surface area contributed by atoms with Crippen molar-refractivity contribution in [2.24, 2.45) is 11.8 Å². The fraction of sp³-hybridized carbons (Fsp3) is 0.464. The molecular weight excluding hydrogens is 485 g/mol. The number of nitrogens with zero attached hydrogens (tertiary/aromatic N) is 6. The minimum atomic E-state index is -0.305. The maximum atomic E-state index is 13.8. The maximum absolute atomic E-state index is 13.8. The molecule has 1 N–H and O–H groups in total. The van der Waals surface area contributed by atoms with Crippen LogP contribution in [0.25, 0.3) is 5.82 Å². The first-order valence-corrected chi connectivity index (χ1v) is 13.1. The van der Waals surface area contributed by atoms with Crippen molar-refractivity contribution in [1.29, 1.82) is 0 Å². The summed E-state index contributed by atoms with van der Waals surface area (Å²) < 4.78 is 15.5. The molecule has 2 fully saturated rings. The highest BCUT2D eigenvalue weighted by molar-refractivity contribution is 5.96. The Morgan fingerprint density at radius 3 is 2.42 bits per heavy atom. The molecule has 38 heavy (non-hydrogen) atoms. The summed E-state index contributed by atoms with van der Waals surface area (Å²) in [5.41, 5.74) is 3.70. The Bertz CT molecular complexity index is 1330. The van der Waals surface area contributed by atoms with E-state index >= 15 is 0 Å². The van der Waals surface area contributed by atoms with Gasteiger partial charge in [-0.15, -0.1) is 5.10 Å². The first kappa shape index (κ1) is 26.0. The van der Waals surface area contributed by atoms with Gasteiger partial charge in [0.15, 0.2) is 5.82 Å². The van der Waals surface area contributed by atoms with E-state index in [0.29, 0.717) is 48.4 Å². The molecular formula is C28H34FN7O2. The molecule has 2 aliphatic rings. The molecule has 2 saturated heterocycles. The lowest BCUT2D eigenvalue weighted by atomic mass is 10.0. The van der Waals surface area contributed by atoms with E-state index in [1.54, 1.807) is 10.7 Å². The molecule has 10 heteroatoms. The number of carbonyl (C=O) groups excluding carboxylic acids is 2. The summed E-state index contributed by atoms with van der Waals surface area (Å²) in [5.74, 6) is 0.997. The Labute approximate surface area is 222 Å². The molecule has 2 aliphatic heterocycles. The Hall–Kier alpha value is -3.66. The van der Waals surface area contributed by atoms with Crippen LogP contribution in [0.1, 0.15) is 52.4 Å². The van der Waals surface area contributed by atoms with Gasteiger partial charge in [0, 0.05) is 39.6 Å². The van der Waals surface area contributed by atoms with Crippen molar-refractivity contribution in [2.45, 2.75) is 40.2 Å². The van der Waals surface area contributed by atoms with Crippen molar-refractivity contribution < 1.29 is 14.0 Å². The fourth-order valence-corrected chi connectivity index (χ4v) is 5.88. The molecule has 3 unspecified atom stereocenters. The first-order chi connectivity index (χ1) is 18.2. The SMILES string of the molecule is CC(=O)NC(CCN1CC2CN(C(=O)c3c(C)nn(-c4ccc(C)nn4)c3C)CC2C1)c1cccc(F)c1. The van der Waals surface area contributed by atoms with Crippen LogP contribution in [0.3, 0.4) is 0 Å². The van der Waals surface area contributed by atoms with Crippen LogP contribution >= 0.6 is 0 Å². The average Bonchev–Trinajstić information content (AvgIpc) is 3.53. The van der Waals surface area contributed by atoms with E-state index in [4.69, 9.17) is 0 Å². The number of fused-ring (bicyclic) bond motifs is 1. The maximum Gasteiger partial charge on any atom is 0.257 e. The summed E-state index contributed by atoms with van der Waals surface area (Å²) >= 11 is 0. The van der Waals surface area contributed by atoms with Gasteiger partial charge in [-0.2, -0.15) is 10.2 Å². The van der Waals surface area contributed by atoms with E-state index in [1.807, 2.05) is 43.9 Å². The summed E-state index contributed by atoms with van der Waals surface area (Å²) in [6.07, 6.45) is 0.699. The molecule has 1 aromatic carbocycles. The van der Waals surface area contributed by atoms with Crippen LogP contribution in [-0.4, -0.2) is 74.3 Å². The predicted molar refractivity (Wildman–Crippen MR) is 140 cm³/mol. The number of amides is 2. The summed E-state index contributed by atoms with van der Waals surface area (Å²) in [4.78, 5) is 29.7. The average molecular weight is 520 g/mol. The van der Waals surface area contributed by atoms with Gasteiger partial charge >= 0.3 is 0 Å². The molecule has 0 bridgehead atoms. The van der Waals surface area contributed by atoms with E-state index in [0.717, 1.165) is 36.6 Å². The molecule has 200 valence electrons. The molecule has 2 amide bonds. The van der Waals surface area contributed by atoms with Gasteiger partial charge in [0.1, 0.15) is 5.82 Å². The molecule has 9 nitrogen and oxygen atoms in total. The number of benzene rings is 1. The van der Waals surface area contributed by atoms with Crippen LogP contribution in [0.2, 0.25) is 0 Å². The minimum Gasteiger partial charge on any atom is -0.349 e. The Kier molecular flexibility index (Phi) is 7.25. The monoisotopic (exact) mass is 519 g/mol. The molecule has 0 saturated carbocycles. The van der Waals surface area contributed by atoms with Gasteiger partial charge in [-0.1, -0.05) is 12.1 Å².